The van der Waals surface area contributed by atoms with Crippen molar-refractivity contribution in [3.05, 3.63) is 0 Å². The lowest BCUT2D eigenvalue weighted by atomic mass is 9.96. The Morgan fingerprint density at radius 3 is 2.65 bits per heavy atom. The molecule has 1 rings (SSSR count). The van der Waals surface area contributed by atoms with E-state index in [-0.39, 0.29) is 17.7 Å². The number of amides is 1. The van der Waals surface area contributed by atoms with Gasteiger partial charge in [0.25, 0.3) is 0 Å². The first kappa shape index (κ1) is 14.0. The van der Waals surface area contributed by atoms with Gasteiger partial charge in [0.15, 0.2) is 0 Å². The van der Waals surface area contributed by atoms with E-state index in [1.54, 1.807) is 0 Å². The molecule has 0 saturated carbocycles. The van der Waals surface area contributed by atoms with Crippen molar-refractivity contribution in [2.24, 2.45) is 11.8 Å². The SMILES string of the molecule is CCCCC(NC(=O)C1CNCC1C)C(=O)O. The average molecular weight is 242 g/mol. The first-order chi connectivity index (χ1) is 8.06. The summed E-state index contributed by atoms with van der Waals surface area (Å²) in [5, 5.41) is 14.8. The smallest absolute Gasteiger partial charge is 0.326 e. The van der Waals surface area contributed by atoms with E-state index in [1.807, 2.05) is 13.8 Å². The van der Waals surface area contributed by atoms with Gasteiger partial charge in [-0.1, -0.05) is 26.7 Å². The van der Waals surface area contributed by atoms with Gasteiger partial charge >= 0.3 is 5.97 Å². The predicted molar refractivity (Wildman–Crippen MR) is 64.6 cm³/mol. The second-order valence-corrected chi connectivity index (χ2v) is 4.78. The molecule has 0 aromatic carbocycles. The summed E-state index contributed by atoms with van der Waals surface area (Å²) in [5.41, 5.74) is 0. The largest absolute Gasteiger partial charge is 0.480 e. The van der Waals surface area contributed by atoms with Gasteiger partial charge in [-0.15, -0.1) is 0 Å². The summed E-state index contributed by atoms with van der Waals surface area (Å²) >= 11 is 0. The molecule has 1 aliphatic heterocycles. The number of carbonyl (C=O) groups excluding carboxylic acids is 1. The molecule has 0 aromatic rings. The third-order valence-electron chi connectivity index (χ3n) is 3.32. The molecule has 3 atom stereocenters. The molecule has 1 heterocycles. The number of carbonyl (C=O) groups is 2. The topological polar surface area (TPSA) is 78.4 Å². The van der Waals surface area contributed by atoms with Crippen molar-refractivity contribution in [2.75, 3.05) is 13.1 Å². The van der Waals surface area contributed by atoms with Gasteiger partial charge in [-0.2, -0.15) is 0 Å². The zero-order valence-electron chi connectivity index (χ0n) is 10.5. The van der Waals surface area contributed by atoms with Gasteiger partial charge in [-0.25, -0.2) is 4.79 Å². The van der Waals surface area contributed by atoms with E-state index in [0.717, 1.165) is 19.4 Å². The molecule has 98 valence electrons. The third-order valence-corrected chi connectivity index (χ3v) is 3.32. The summed E-state index contributed by atoms with van der Waals surface area (Å²) in [6.45, 7) is 5.48. The van der Waals surface area contributed by atoms with E-state index in [1.165, 1.54) is 0 Å². The molecule has 1 amide bonds. The van der Waals surface area contributed by atoms with Crippen LogP contribution >= 0.6 is 0 Å². The van der Waals surface area contributed by atoms with Crippen LogP contribution in [0.15, 0.2) is 0 Å². The molecule has 0 spiro atoms. The maximum atomic E-state index is 11.9. The lowest BCUT2D eigenvalue weighted by Crippen LogP contribution is -2.45. The van der Waals surface area contributed by atoms with Crippen molar-refractivity contribution in [1.82, 2.24) is 10.6 Å². The number of carboxylic acids is 1. The predicted octanol–water partition coefficient (Wildman–Crippen LogP) is 0.601. The normalized spacial score (nSPS) is 25.5. The van der Waals surface area contributed by atoms with E-state index in [4.69, 9.17) is 5.11 Å². The van der Waals surface area contributed by atoms with Crippen molar-refractivity contribution in [1.29, 1.82) is 0 Å². The fourth-order valence-electron chi connectivity index (χ4n) is 2.11. The van der Waals surface area contributed by atoms with Crippen molar-refractivity contribution in [3.63, 3.8) is 0 Å². The average Bonchev–Trinajstić information content (AvgIpc) is 2.70. The highest BCUT2D eigenvalue weighted by atomic mass is 16.4. The summed E-state index contributed by atoms with van der Waals surface area (Å²) in [5.74, 6) is -0.898. The number of aliphatic carboxylic acids is 1. The first-order valence-corrected chi connectivity index (χ1v) is 6.30. The Labute approximate surface area is 102 Å². The zero-order valence-corrected chi connectivity index (χ0v) is 10.5. The Hall–Kier alpha value is -1.10. The van der Waals surface area contributed by atoms with E-state index in [2.05, 4.69) is 10.6 Å². The lowest BCUT2D eigenvalue weighted by molar-refractivity contribution is -0.142. The van der Waals surface area contributed by atoms with Crippen LogP contribution in [0.5, 0.6) is 0 Å². The number of rotatable bonds is 6. The molecule has 0 aliphatic carbocycles. The number of carboxylic acid groups (broad SMARTS) is 1. The van der Waals surface area contributed by atoms with Crippen LogP contribution in [0.1, 0.15) is 33.1 Å². The van der Waals surface area contributed by atoms with Gasteiger partial charge in [0.2, 0.25) is 5.91 Å². The molecule has 1 saturated heterocycles. The summed E-state index contributed by atoms with van der Waals surface area (Å²) in [4.78, 5) is 22.9. The highest BCUT2D eigenvalue weighted by molar-refractivity contribution is 5.85. The fraction of sp³-hybridized carbons (Fsp3) is 0.833. The van der Waals surface area contributed by atoms with Crippen LogP contribution < -0.4 is 10.6 Å². The Morgan fingerprint density at radius 2 is 2.18 bits per heavy atom. The van der Waals surface area contributed by atoms with E-state index in [0.29, 0.717) is 13.0 Å². The zero-order chi connectivity index (χ0) is 12.8. The number of hydrogen-bond acceptors (Lipinski definition) is 3. The van der Waals surface area contributed by atoms with E-state index < -0.39 is 12.0 Å². The monoisotopic (exact) mass is 242 g/mol. The van der Waals surface area contributed by atoms with Crippen molar-refractivity contribution < 1.29 is 14.7 Å². The van der Waals surface area contributed by atoms with Crippen LogP contribution in [0.2, 0.25) is 0 Å². The van der Waals surface area contributed by atoms with Crippen LogP contribution in [0, 0.1) is 11.8 Å². The van der Waals surface area contributed by atoms with Crippen molar-refractivity contribution in [3.8, 4) is 0 Å². The highest BCUT2D eigenvalue weighted by Crippen LogP contribution is 2.16. The molecule has 3 unspecified atom stereocenters. The molecule has 5 nitrogen and oxygen atoms in total. The molecule has 3 N–H and O–H groups in total. The van der Waals surface area contributed by atoms with Gasteiger partial charge in [-0.05, 0) is 18.9 Å². The van der Waals surface area contributed by atoms with E-state index >= 15 is 0 Å². The van der Waals surface area contributed by atoms with Gasteiger partial charge < -0.3 is 15.7 Å². The van der Waals surface area contributed by atoms with E-state index in [9.17, 15) is 9.59 Å². The van der Waals surface area contributed by atoms with Gasteiger partial charge in [0.05, 0.1) is 5.92 Å². The molecule has 0 bridgehead atoms. The summed E-state index contributed by atoms with van der Waals surface area (Å²) in [6.07, 6.45) is 2.25. The Morgan fingerprint density at radius 1 is 1.47 bits per heavy atom. The Kier molecular flexibility index (Phi) is 5.41. The number of hydrogen-bond donors (Lipinski definition) is 3. The summed E-state index contributed by atoms with van der Waals surface area (Å²) in [7, 11) is 0. The van der Waals surface area contributed by atoms with Gasteiger partial charge in [-0.3, -0.25) is 4.79 Å². The molecule has 0 aromatic heterocycles. The molecule has 0 radical (unpaired) electrons. The van der Waals surface area contributed by atoms with Crippen LogP contribution in [-0.2, 0) is 9.59 Å². The number of nitrogens with one attached hydrogen (secondary N) is 2. The highest BCUT2D eigenvalue weighted by Gasteiger charge is 2.31. The molecule has 1 aliphatic rings. The van der Waals surface area contributed by atoms with Crippen LogP contribution in [0.4, 0.5) is 0 Å². The second kappa shape index (κ2) is 6.59. The van der Waals surface area contributed by atoms with Crippen molar-refractivity contribution in [2.45, 2.75) is 39.2 Å². The molecular weight excluding hydrogens is 220 g/mol. The lowest BCUT2D eigenvalue weighted by Gasteiger charge is -2.19. The Bertz CT molecular complexity index is 281. The first-order valence-electron chi connectivity index (χ1n) is 6.30. The maximum absolute atomic E-state index is 11.9. The Balaban J connectivity index is 2.48. The maximum Gasteiger partial charge on any atom is 0.326 e. The molecular formula is C12H22N2O3. The third kappa shape index (κ3) is 4.00. The molecule has 17 heavy (non-hydrogen) atoms. The second-order valence-electron chi connectivity index (χ2n) is 4.78. The van der Waals surface area contributed by atoms with Crippen LogP contribution in [0.25, 0.3) is 0 Å². The minimum Gasteiger partial charge on any atom is -0.480 e. The quantitative estimate of drug-likeness (QED) is 0.637. The fourth-order valence-corrected chi connectivity index (χ4v) is 2.11. The summed E-state index contributed by atoms with van der Waals surface area (Å²) in [6, 6.07) is -0.741. The molecule has 1 fully saturated rings. The van der Waals surface area contributed by atoms with Crippen LogP contribution in [0.3, 0.4) is 0 Å². The summed E-state index contributed by atoms with van der Waals surface area (Å²) < 4.78 is 0. The van der Waals surface area contributed by atoms with Gasteiger partial charge in [0.1, 0.15) is 6.04 Å². The van der Waals surface area contributed by atoms with Crippen LogP contribution in [-0.4, -0.2) is 36.1 Å². The molecule has 5 heteroatoms. The number of unbranched alkanes of at least 4 members (excludes halogenated alkanes) is 1. The van der Waals surface area contributed by atoms with Crippen molar-refractivity contribution >= 4 is 11.9 Å². The minimum atomic E-state index is -0.939. The van der Waals surface area contributed by atoms with Gasteiger partial charge in [0, 0.05) is 6.54 Å². The standard InChI is InChI=1S/C12H22N2O3/c1-3-4-5-10(12(16)17)14-11(15)9-7-13-6-8(9)2/h8-10,13H,3-7H2,1-2H3,(H,14,15)(H,16,17). The minimum absolute atomic E-state index is 0.0986.